The molecule has 0 aliphatic carbocycles. The van der Waals surface area contributed by atoms with E-state index in [0.29, 0.717) is 22.5 Å². The van der Waals surface area contributed by atoms with E-state index >= 15 is 0 Å². The van der Waals surface area contributed by atoms with Crippen LogP contribution in [0.4, 0.5) is 14.6 Å². The molecular formula is C26H18F2N6O3. The van der Waals surface area contributed by atoms with E-state index in [1.165, 1.54) is 21.9 Å². The van der Waals surface area contributed by atoms with Crippen molar-refractivity contribution in [2.45, 2.75) is 19.1 Å². The Labute approximate surface area is 208 Å². The molecule has 0 saturated heterocycles. The molecule has 0 fully saturated rings. The van der Waals surface area contributed by atoms with Crippen molar-refractivity contribution in [3.05, 3.63) is 101 Å². The van der Waals surface area contributed by atoms with E-state index in [1.54, 1.807) is 54.6 Å². The first-order chi connectivity index (χ1) is 18.0. The zero-order valence-electron chi connectivity index (χ0n) is 19.1. The van der Waals surface area contributed by atoms with Crippen LogP contribution in [0.25, 0.3) is 22.9 Å². The molecule has 0 spiro atoms. The van der Waals surface area contributed by atoms with Gasteiger partial charge in [0.15, 0.2) is 23.5 Å². The van der Waals surface area contributed by atoms with Gasteiger partial charge < -0.3 is 14.5 Å². The topological polar surface area (TPSA) is 110 Å². The number of nitrogens with zero attached hydrogens (tertiary/aromatic N) is 6. The van der Waals surface area contributed by atoms with Gasteiger partial charge in [-0.15, -0.1) is 0 Å². The summed E-state index contributed by atoms with van der Waals surface area (Å²) in [5.74, 6) is -2.34. The molecule has 1 aliphatic heterocycles. The molecule has 4 heterocycles. The number of benzene rings is 2. The summed E-state index contributed by atoms with van der Waals surface area (Å²) in [5, 5.41) is 18.4. The molecule has 0 amide bonds. The third-order valence-corrected chi connectivity index (χ3v) is 6.22. The smallest absolute Gasteiger partial charge is 0.331 e. The van der Waals surface area contributed by atoms with E-state index in [1.807, 2.05) is 0 Å². The maximum atomic E-state index is 15.0. The first-order valence-corrected chi connectivity index (χ1v) is 11.3. The van der Waals surface area contributed by atoms with Crippen LogP contribution in [-0.2, 0) is 17.9 Å². The number of aromatic nitrogens is 5. The second-order valence-electron chi connectivity index (χ2n) is 8.48. The Hall–Kier alpha value is -4.93. The molecule has 2 aromatic carbocycles. The summed E-state index contributed by atoms with van der Waals surface area (Å²) < 4.78 is 35.9. The average Bonchev–Trinajstić information content (AvgIpc) is 3.64. The van der Waals surface area contributed by atoms with Crippen LogP contribution in [0.15, 0.2) is 77.6 Å². The molecule has 5 aromatic rings. The molecule has 1 atom stereocenters. The highest BCUT2D eigenvalue weighted by molar-refractivity contribution is 5.82. The SMILES string of the molecule is O=C(O)C1c2ccccc2CN1c1nc(-c2cc(-c3ccon3)n(Cc3ccccc3F)n2)ncc1F. The monoisotopic (exact) mass is 500 g/mol. The van der Waals surface area contributed by atoms with Gasteiger partial charge in [-0.25, -0.2) is 23.5 Å². The Balaban J connectivity index is 1.42. The first-order valence-electron chi connectivity index (χ1n) is 11.3. The number of aliphatic carboxylic acids is 1. The number of hydrogen-bond acceptors (Lipinski definition) is 7. The normalized spacial score (nSPS) is 14.6. The van der Waals surface area contributed by atoms with Crippen molar-refractivity contribution in [3.8, 4) is 22.9 Å². The molecule has 1 aliphatic rings. The van der Waals surface area contributed by atoms with Gasteiger partial charge in [-0.3, -0.25) is 4.68 Å². The summed E-state index contributed by atoms with van der Waals surface area (Å²) in [6.45, 7) is 0.262. The first kappa shape index (κ1) is 22.5. The molecule has 3 aromatic heterocycles. The fraction of sp³-hybridized carbons (Fsp3) is 0.115. The summed E-state index contributed by atoms with van der Waals surface area (Å²) in [6.07, 6.45) is 2.39. The van der Waals surface area contributed by atoms with Crippen molar-refractivity contribution < 1.29 is 23.2 Å². The molecule has 6 rings (SSSR count). The molecule has 0 radical (unpaired) electrons. The molecule has 1 unspecified atom stereocenters. The summed E-state index contributed by atoms with van der Waals surface area (Å²) in [7, 11) is 0. The van der Waals surface area contributed by atoms with Crippen molar-refractivity contribution in [3.63, 3.8) is 0 Å². The van der Waals surface area contributed by atoms with Crippen molar-refractivity contribution in [2.24, 2.45) is 0 Å². The summed E-state index contributed by atoms with van der Waals surface area (Å²) in [5.41, 5.74) is 3.01. The van der Waals surface area contributed by atoms with Gasteiger partial charge in [0.05, 0.1) is 18.4 Å². The number of carboxylic acid groups (broad SMARTS) is 1. The molecule has 0 bridgehead atoms. The van der Waals surface area contributed by atoms with Crippen LogP contribution in [0.5, 0.6) is 0 Å². The van der Waals surface area contributed by atoms with Gasteiger partial charge in [0.2, 0.25) is 0 Å². The largest absolute Gasteiger partial charge is 0.479 e. The zero-order valence-corrected chi connectivity index (χ0v) is 19.1. The van der Waals surface area contributed by atoms with Gasteiger partial charge in [0, 0.05) is 18.2 Å². The Morgan fingerprint density at radius 1 is 1.05 bits per heavy atom. The van der Waals surface area contributed by atoms with Gasteiger partial charge in [-0.05, 0) is 23.3 Å². The lowest BCUT2D eigenvalue weighted by Crippen LogP contribution is -2.29. The highest BCUT2D eigenvalue weighted by Crippen LogP contribution is 2.38. The predicted molar refractivity (Wildman–Crippen MR) is 127 cm³/mol. The minimum absolute atomic E-state index is 0.0773. The van der Waals surface area contributed by atoms with Crippen LogP contribution in [-0.4, -0.2) is 36.0 Å². The van der Waals surface area contributed by atoms with Gasteiger partial charge >= 0.3 is 5.97 Å². The molecule has 11 heteroatoms. The third-order valence-electron chi connectivity index (χ3n) is 6.22. The zero-order chi connectivity index (χ0) is 25.5. The van der Waals surface area contributed by atoms with Gasteiger partial charge in [0.25, 0.3) is 0 Å². The van der Waals surface area contributed by atoms with Crippen LogP contribution < -0.4 is 4.90 Å². The van der Waals surface area contributed by atoms with Crippen molar-refractivity contribution in [1.82, 2.24) is 24.9 Å². The van der Waals surface area contributed by atoms with Crippen molar-refractivity contribution in [2.75, 3.05) is 4.90 Å². The number of fused-ring (bicyclic) bond motifs is 1. The second-order valence-corrected chi connectivity index (χ2v) is 8.48. The third kappa shape index (κ3) is 3.99. The van der Waals surface area contributed by atoms with E-state index in [2.05, 4.69) is 20.2 Å². The molecule has 1 N–H and O–H groups in total. The lowest BCUT2D eigenvalue weighted by molar-refractivity contribution is -0.138. The molecular weight excluding hydrogens is 482 g/mol. The number of carboxylic acids is 1. The standard InChI is InChI=1S/C26H18F2N6O3/c27-18-8-4-2-6-16(18)14-34-22(20-9-10-37-32-20)11-21(31-34)24-29-12-19(28)25(30-24)33-13-15-5-1-3-7-17(15)23(33)26(35)36/h1-12,23H,13-14H2,(H,35,36). The predicted octanol–water partition coefficient (Wildman–Crippen LogP) is 4.47. The lowest BCUT2D eigenvalue weighted by atomic mass is 10.1. The molecule has 0 saturated carbocycles. The fourth-order valence-electron chi connectivity index (χ4n) is 4.52. The second kappa shape index (κ2) is 8.94. The Morgan fingerprint density at radius 2 is 1.86 bits per heavy atom. The average molecular weight is 500 g/mol. The number of anilines is 1. The fourth-order valence-corrected chi connectivity index (χ4v) is 4.52. The van der Waals surface area contributed by atoms with Crippen LogP contribution in [0.1, 0.15) is 22.7 Å². The number of rotatable bonds is 6. The Morgan fingerprint density at radius 3 is 2.65 bits per heavy atom. The minimum Gasteiger partial charge on any atom is -0.479 e. The molecule has 37 heavy (non-hydrogen) atoms. The summed E-state index contributed by atoms with van der Waals surface area (Å²) in [6, 6.07) is 15.6. The lowest BCUT2D eigenvalue weighted by Gasteiger charge is -2.23. The van der Waals surface area contributed by atoms with Crippen LogP contribution in [0.3, 0.4) is 0 Å². The van der Waals surface area contributed by atoms with Gasteiger partial charge in [0.1, 0.15) is 23.5 Å². The molecule has 184 valence electrons. The van der Waals surface area contributed by atoms with Crippen molar-refractivity contribution >= 4 is 11.8 Å². The number of hydrogen-bond donors (Lipinski definition) is 1. The Kier molecular flexibility index (Phi) is 5.44. The van der Waals surface area contributed by atoms with E-state index in [4.69, 9.17) is 4.52 Å². The maximum Gasteiger partial charge on any atom is 0.331 e. The minimum atomic E-state index is -1.12. The van der Waals surface area contributed by atoms with Crippen LogP contribution in [0.2, 0.25) is 0 Å². The van der Waals surface area contributed by atoms with Gasteiger partial charge in [-0.2, -0.15) is 5.10 Å². The van der Waals surface area contributed by atoms with E-state index in [9.17, 15) is 18.7 Å². The summed E-state index contributed by atoms with van der Waals surface area (Å²) in [4.78, 5) is 22.0. The number of carbonyl (C=O) groups is 1. The van der Waals surface area contributed by atoms with E-state index in [-0.39, 0.29) is 36.2 Å². The van der Waals surface area contributed by atoms with Crippen molar-refractivity contribution in [1.29, 1.82) is 0 Å². The van der Waals surface area contributed by atoms with E-state index < -0.39 is 17.8 Å². The number of halogens is 2. The highest BCUT2D eigenvalue weighted by Gasteiger charge is 2.38. The quantitative estimate of drug-likeness (QED) is 0.364. The maximum absolute atomic E-state index is 15.0. The summed E-state index contributed by atoms with van der Waals surface area (Å²) >= 11 is 0. The van der Waals surface area contributed by atoms with Crippen LogP contribution in [0, 0.1) is 11.6 Å². The Bertz CT molecular complexity index is 1620. The highest BCUT2D eigenvalue weighted by atomic mass is 19.1. The van der Waals surface area contributed by atoms with E-state index in [0.717, 1.165) is 11.8 Å². The van der Waals surface area contributed by atoms with Gasteiger partial charge in [-0.1, -0.05) is 47.6 Å². The van der Waals surface area contributed by atoms with Crippen LogP contribution >= 0.6 is 0 Å². The molecule has 9 nitrogen and oxygen atoms in total.